The fourth-order valence-electron chi connectivity index (χ4n) is 3.46. The molecule has 0 saturated carbocycles. The molecule has 0 aromatic heterocycles. The van der Waals surface area contributed by atoms with Gasteiger partial charge in [0.1, 0.15) is 6.54 Å². The number of rotatable bonds is 9. The van der Waals surface area contributed by atoms with Crippen molar-refractivity contribution in [1.29, 1.82) is 0 Å². The number of anilines is 2. The molecule has 0 saturated heterocycles. The van der Waals surface area contributed by atoms with Crippen molar-refractivity contribution in [2.75, 3.05) is 16.2 Å². The summed E-state index contributed by atoms with van der Waals surface area (Å²) in [4.78, 5) is 14.2. The largest absolute Gasteiger partial charge is 0.325 e. The van der Waals surface area contributed by atoms with Crippen molar-refractivity contribution in [2.24, 2.45) is 0 Å². The Hall–Kier alpha value is -3.26. The monoisotopic (exact) mass is 536 g/mol. The van der Waals surface area contributed by atoms with Crippen LogP contribution in [0.25, 0.3) is 0 Å². The summed E-state index contributed by atoms with van der Waals surface area (Å²) >= 11 is 7.73. The van der Waals surface area contributed by atoms with Gasteiger partial charge in [0.25, 0.3) is 10.0 Å². The van der Waals surface area contributed by atoms with Crippen LogP contribution >= 0.6 is 23.4 Å². The van der Waals surface area contributed by atoms with E-state index < -0.39 is 15.9 Å². The zero-order chi connectivity index (χ0) is 25.5. The zero-order valence-corrected chi connectivity index (χ0v) is 22.0. The Morgan fingerprint density at radius 2 is 1.50 bits per heavy atom. The summed E-state index contributed by atoms with van der Waals surface area (Å²) in [5, 5.41) is 3.28. The van der Waals surface area contributed by atoms with E-state index in [1.807, 2.05) is 49.4 Å². The molecule has 4 aromatic carbocycles. The van der Waals surface area contributed by atoms with Crippen molar-refractivity contribution >= 4 is 50.7 Å². The summed E-state index contributed by atoms with van der Waals surface area (Å²) < 4.78 is 28.0. The SMILES string of the molecule is Cc1ccc(S(=O)(=O)N(CC(=O)Nc2ccc(CSc3ccccc3)cc2)c2ccc(Cl)cc2)cc1. The first-order valence-corrected chi connectivity index (χ1v) is 14.0. The van der Waals surface area contributed by atoms with Gasteiger partial charge in [-0.1, -0.05) is 59.6 Å². The van der Waals surface area contributed by atoms with Crippen molar-refractivity contribution < 1.29 is 13.2 Å². The highest BCUT2D eigenvalue weighted by Crippen LogP contribution is 2.26. The molecule has 0 radical (unpaired) electrons. The average molecular weight is 537 g/mol. The van der Waals surface area contributed by atoms with E-state index in [0.29, 0.717) is 16.4 Å². The van der Waals surface area contributed by atoms with Gasteiger partial charge in [-0.15, -0.1) is 11.8 Å². The van der Waals surface area contributed by atoms with Crippen LogP contribution in [0.2, 0.25) is 5.02 Å². The minimum absolute atomic E-state index is 0.108. The summed E-state index contributed by atoms with van der Waals surface area (Å²) in [6.07, 6.45) is 0. The number of carbonyl (C=O) groups is 1. The lowest BCUT2D eigenvalue weighted by molar-refractivity contribution is -0.114. The number of halogens is 1. The highest BCUT2D eigenvalue weighted by atomic mass is 35.5. The molecule has 0 heterocycles. The molecule has 0 aliphatic carbocycles. The predicted molar refractivity (Wildman–Crippen MR) is 148 cm³/mol. The third kappa shape index (κ3) is 6.69. The van der Waals surface area contributed by atoms with Gasteiger partial charge in [-0.25, -0.2) is 8.42 Å². The number of thioether (sulfide) groups is 1. The number of hydrogen-bond acceptors (Lipinski definition) is 4. The van der Waals surface area contributed by atoms with Crippen LogP contribution in [0, 0.1) is 6.92 Å². The lowest BCUT2D eigenvalue weighted by atomic mass is 10.2. The molecule has 4 aromatic rings. The highest BCUT2D eigenvalue weighted by Gasteiger charge is 2.27. The average Bonchev–Trinajstić information content (AvgIpc) is 2.88. The minimum Gasteiger partial charge on any atom is -0.325 e. The Labute approximate surface area is 221 Å². The number of nitrogens with one attached hydrogen (secondary N) is 1. The third-order valence-corrected chi connectivity index (χ3v) is 8.52. The Morgan fingerprint density at radius 1 is 0.861 bits per heavy atom. The van der Waals surface area contributed by atoms with Gasteiger partial charge < -0.3 is 5.32 Å². The highest BCUT2D eigenvalue weighted by molar-refractivity contribution is 7.98. The number of benzene rings is 4. The molecule has 1 N–H and O–H groups in total. The Balaban J connectivity index is 1.48. The molecule has 8 heteroatoms. The molecule has 36 heavy (non-hydrogen) atoms. The predicted octanol–water partition coefficient (Wildman–Crippen LogP) is 6.77. The van der Waals surface area contributed by atoms with Gasteiger partial charge in [-0.2, -0.15) is 0 Å². The lowest BCUT2D eigenvalue weighted by Crippen LogP contribution is -2.38. The van der Waals surface area contributed by atoms with Crippen LogP contribution in [0.1, 0.15) is 11.1 Å². The fourth-order valence-corrected chi connectivity index (χ4v) is 5.88. The molecule has 1 amide bonds. The first-order valence-electron chi connectivity index (χ1n) is 11.2. The van der Waals surface area contributed by atoms with Crippen molar-refractivity contribution in [3.63, 3.8) is 0 Å². The quantitative estimate of drug-likeness (QED) is 0.240. The fraction of sp³-hybridized carbons (Fsp3) is 0.107. The van der Waals surface area contributed by atoms with E-state index in [-0.39, 0.29) is 11.4 Å². The van der Waals surface area contributed by atoms with Crippen LogP contribution in [-0.2, 0) is 20.6 Å². The molecule has 0 bridgehead atoms. The van der Waals surface area contributed by atoms with E-state index in [1.165, 1.54) is 17.0 Å². The van der Waals surface area contributed by atoms with E-state index in [4.69, 9.17) is 11.6 Å². The molecule has 0 atom stereocenters. The van der Waals surface area contributed by atoms with Crippen molar-refractivity contribution in [3.05, 3.63) is 119 Å². The van der Waals surface area contributed by atoms with Gasteiger partial charge in [0.05, 0.1) is 10.6 Å². The van der Waals surface area contributed by atoms with Gasteiger partial charge in [-0.3, -0.25) is 9.10 Å². The smallest absolute Gasteiger partial charge is 0.264 e. The number of nitrogens with zero attached hydrogens (tertiary/aromatic N) is 1. The lowest BCUT2D eigenvalue weighted by Gasteiger charge is -2.24. The standard InChI is InChI=1S/C28H25ClN2O3S2/c1-21-7-17-27(18-8-21)36(33,34)31(25-15-11-23(29)12-16-25)19-28(32)30-24-13-9-22(10-14-24)20-35-26-5-3-2-4-6-26/h2-18H,19-20H2,1H3,(H,30,32). The molecule has 184 valence electrons. The first kappa shape index (κ1) is 25.8. The van der Waals surface area contributed by atoms with E-state index in [2.05, 4.69) is 17.4 Å². The van der Waals surface area contributed by atoms with Crippen LogP contribution < -0.4 is 9.62 Å². The van der Waals surface area contributed by atoms with Gasteiger partial charge in [0, 0.05) is 21.4 Å². The van der Waals surface area contributed by atoms with E-state index in [1.54, 1.807) is 48.2 Å². The Bertz CT molecular complexity index is 1410. The van der Waals surface area contributed by atoms with Crippen molar-refractivity contribution in [3.8, 4) is 0 Å². The summed E-state index contributed by atoms with van der Waals surface area (Å²) in [5.74, 6) is 0.351. The number of sulfonamides is 1. The van der Waals surface area contributed by atoms with Gasteiger partial charge in [0.2, 0.25) is 5.91 Å². The van der Waals surface area contributed by atoms with Crippen LogP contribution in [-0.4, -0.2) is 20.9 Å². The Morgan fingerprint density at radius 3 is 2.14 bits per heavy atom. The molecule has 0 spiro atoms. The summed E-state index contributed by atoms with van der Waals surface area (Å²) in [7, 11) is -3.98. The molecular formula is C28H25ClN2O3S2. The summed E-state index contributed by atoms with van der Waals surface area (Å²) in [5.41, 5.74) is 3.00. The van der Waals surface area contributed by atoms with Crippen molar-refractivity contribution in [1.82, 2.24) is 0 Å². The normalized spacial score (nSPS) is 11.2. The Kier molecular flexibility index (Phi) is 8.36. The van der Waals surface area contributed by atoms with E-state index >= 15 is 0 Å². The molecule has 0 aliphatic heterocycles. The second kappa shape index (κ2) is 11.6. The van der Waals surface area contributed by atoms with Crippen LogP contribution in [0.5, 0.6) is 0 Å². The molecular weight excluding hydrogens is 512 g/mol. The van der Waals surface area contributed by atoms with Gasteiger partial charge in [0.15, 0.2) is 0 Å². The molecule has 0 aliphatic rings. The second-order valence-electron chi connectivity index (χ2n) is 8.15. The zero-order valence-electron chi connectivity index (χ0n) is 19.6. The molecule has 0 unspecified atom stereocenters. The number of amides is 1. The maximum Gasteiger partial charge on any atom is 0.264 e. The van der Waals surface area contributed by atoms with Crippen LogP contribution in [0.4, 0.5) is 11.4 Å². The molecule has 5 nitrogen and oxygen atoms in total. The minimum atomic E-state index is -3.98. The number of carbonyl (C=O) groups excluding carboxylic acids is 1. The number of hydrogen-bond donors (Lipinski definition) is 1. The van der Waals surface area contributed by atoms with E-state index in [9.17, 15) is 13.2 Å². The van der Waals surface area contributed by atoms with E-state index in [0.717, 1.165) is 21.2 Å². The third-order valence-electron chi connectivity index (χ3n) is 5.40. The van der Waals surface area contributed by atoms with Crippen molar-refractivity contribution in [2.45, 2.75) is 22.5 Å². The molecule has 4 rings (SSSR count). The summed E-state index contributed by atoms with van der Waals surface area (Å²) in [6, 6.07) is 30.6. The van der Waals surface area contributed by atoms with Gasteiger partial charge in [-0.05, 0) is 73.2 Å². The maximum absolute atomic E-state index is 13.5. The second-order valence-corrected chi connectivity index (χ2v) is 11.5. The summed E-state index contributed by atoms with van der Waals surface area (Å²) in [6.45, 7) is 1.50. The van der Waals surface area contributed by atoms with Gasteiger partial charge >= 0.3 is 0 Å². The molecule has 0 fully saturated rings. The first-order chi connectivity index (χ1) is 17.3. The maximum atomic E-state index is 13.5. The van der Waals surface area contributed by atoms with Crippen LogP contribution in [0.15, 0.2) is 113 Å². The topological polar surface area (TPSA) is 66.5 Å². The van der Waals surface area contributed by atoms with Crippen LogP contribution in [0.3, 0.4) is 0 Å². The number of aryl methyl sites for hydroxylation is 1.